The molecule has 0 aromatic heterocycles. The van der Waals surface area contributed by atoms with Crippen LogP contribution >= 0.6 is 7.60 Å². The van der Waals surface area contributed by atoms with Crippen molar-refractivity contribution in [1.29, 1.82) is 0 Å². The summed E-state index contributed by atoms with van der Waals surface area (Å²) in [5.41, 5.74) is 0. The molecule has 0 spiro atoms. The van der Waals surface area contributed by atoms with Crippen molar-refractivity contribution in [3.05, 3.63) is 0 Å². The number of unbranched alkanes of at least 4 members (excludes halogenated alkanes) is 1. The summed E-state index contributed by atoms with van der Waals surface area (Å²) in [5, 5.41) is 0. The summed E-state index contributed by atoms with van der Waals surface area (Å²) in [6.45, 7) is 3.21. The van der Waals surface area contributed by atoms with Crippen molar-refractivity contribution in [2.45, 2.75) is 19.8 Å². The lowest BCUT2D eigenvalue weighted by Gasteiger charge is -2.12. The van der Waals surface area contributed by atoms with Crippen LogP contribution in [0.1, 0.15) is 19.8 Å². The van der Waals surface area contributed by atoms with Gasteiger partial charge >= 0.3 is 13.6 Å². The number of rotatable bonds is 10. The fraction of sp³-hybridized carbons (Fsp3) is 0.900. The Labute approximate surface area is 102 Å². The van der Waals surface area contributed by atoms with E-state index < -0.39 is 13.6 Å². The average molecular weight is 268 g/mol. The maximum Gasteiger partial charge on any atom is 0.341 e. The molecular formula is C10H21O6P. The van der Waals surface area contributed by atoms with Crippen LogP contribution < -0.4 is 0 Å². The minimum Gasteiger partial charge on any atom is -0.463 e. The average Bonchev–Trinajstić information content (AvgIpc) is 2.33. The van der Waals surface area contributed by atoms with Crippen LogP contribution in [0, 0.1) is 0 Å². The van der Waals surface area contributed by atoms with Gasteiger partial charge < -0.3 is 18.5 Å². The molecule has 0 aliphatic carbocycles. The highest BCUT2D eigenvalue weighted by Crippen LogP contribution is 2.45. The second kappa shape index (κ2) is 9.59. The molecule has 0 amide bonds. The molecule has 17 heavy (non-hydrogen) atoms. The van der Waals surface area contributed by atoms with Crippen LogP contribution in [0.15, 0.2) is 0 Å². The molecule has 0 atom stereocenters. The molecule has 0 aliphatic heterocycles. The number of ether oxygens (including phenoxy) is 2. The lowest BCUT2D eigenvalue weighted by molar-refractivity contribution is -0.142. The van der Waals surface area contributed by atoms with Gasteiger partial charge in [0, 0.05) is 20.8 Å². The zero-order chi connectivity index (χ0) is 13.1. The first-order chi connectivity index (χ1) is 8.08. The van der Waals surface area contributed by atoms with Crippen molar-refractivity contribution in [2.75, 3.05) is 40.2 Å². The lowest BCUT2D eigenvalue weighted by Crippen LogP contribution is -2.15. The van der Waals surface area contributed by atoms with Gasteiger partial charge in [0.15, 0.2) is 0 Å². The van der Waals surface area contributed by atoms with Crippen LogP contribution in [0.25, 0.3) is 0 Å². The first-order valence-electron chi connectivity index (χ1n) is 5.52. The third-order valence-electron chi connectivity index (χ3n) is 2.01. The number of hydrogen-bond donors (Lipinski definition) is 0. The van der Waals surface area contributed by atoms with Crippen LogP contribution in [0.3, 0.4) is 0 Å². The molecule has 6 nitrogen and oxygen atoms in total. The maximum absolute atomic E-state index is 11.6. The van der Waals surface area contributed by atoms with E-state index in [2.05, 4.69) is 16.0 Å². The normalized spacial score (nSPS) is 11.5. The summed E-state index contributed by atoms with van der Waals surface area (Å²) in [6, 6.07) is 0. The number of carbonyl (C=O) groups excluding carboxylic acids is 1. The van der Waals surface area contributed by atoms with E-state index >= 15 is 0 Å². The highest BCUT2D eigenvalue weighted by atomic mass is 31.2. The summed E-state index contributed by atoms with van der Waals surface area (Å²) in [5.74, 6) is -0.615. The van der Waals surface area contributed by atoms with Gasteiger partial charge in [0.25, 0.3) is 0 Å². The first kappa shape index (κ1) is 16.6. The second-order valence-corrected chi connectivity index (χ2v) is 5.59. The van der Waals surface area contributed by atoms with Gasteiger partial charge in [-0.3, -0.25) is 9.36 Å². The fourth-order valence-electron chi connectivity index (χ4n) is 0.970. The molecule has 0 aliphatic rings. The van der Waals surface area contributed by atoms with Gasteiger partial charge in [-0.2, -0.15) is 0 Å². The van der Waals surface area contributed by atoms with Gasteiger partial charge in [-0.05, 0) is 6.42 Å². The highest BCUT2D eigenvalue weighted by molar-refractivity contribution is 7.54. The van der Waals surface area contributed by atoms with Crippen LogP contribution in [-0.2, 0) is 27.9 Å². The fourth-order valence-corrected chi connectivity index (χ4v) is 1.79. The molecule has 0 aromatic carbocycles. The minimum absolute atomic E-state index is 0.149. The van der Waals surface area contributed by atoms with Crippen LogP contribution in [0.5, 0.6) is 0 Å². The summed E-state index contributed by atoms with van der Waals surface area (Å²) in [7, 11) is -0.864. The second-order valence-electron chi connectivity index (χ2n) is 3.32. The number of hydrogen-bond acceptors (Lipinski definition) is 6. The lowest BCUT2D eigenvalue weighted by atomic mass is 10.4. The maximum atomic E-state index is 11.6. The standard InChI is InChI=1S/C10H21O6P/c1-4-5-6-15-7-8-16-10(11)9-17(12,13-2)14-3/h4-9H2,1-3H3. The molecule has 0 heterocycles. The smallest absolute Gasteiger partial charge is 0.341 e. The van der Waals surface area contributed by atoms with Crippen molar-refractivity contribution in [3.8, 4) is 0 Å². The number of carbonyl (C=O) groups is 1. The first-order valence-corrected chi connectivity index (χ1v) is 7.24. The van der Waals surface area contributed by atoms with Crippen molar-refractivity contribution in [3.63, 3.8) is 0 Å². The van der Waals surface area contributed by atoms with Crippen LogP contribution in [0.2, 0.25) is 0 Å². The zero-order valence-corrected chi connectivity index (χ0v) is 11.5. The third-order valence-corrected chi connectivity index (χ3v) is 3.77. The molecule has 102 valence electrons. The molecule has 0 radical (unpaired) electrons. The van der Waals surface area contributed by atoms with Gasteiger partial charge in [0.1, 0.15) is 12.8 Å². The Kier molecular flexibility index (Phi) is 9.36. The SMILES string of the molecule is CCCCOCCOC(=O)CP(=O)(OC)OC. The van der Waals surface area contributed by atoms with Gasteiger partial charge in [0.05, 0.1) is 6.61 Å². The Morgan fingerprint density at radius 1 is 1.12 bits per heavy atom. The van der Waals surface area contributed by atoms with Crippen LogP contribution in [0.4, 0.5) is 0 Å². The van der Waals surface area contributed by atoms with Gasteiger partial charge in [-0.15, -0.1) is 0 Å². The van der Waals surface area contributed by atoms with E-state index in [1.807, 2.05) is 0 Å². The van der Waals surface area contributed by atoms with Crippen molar-refractivity contribution in [2.24, 2.45) is 0 Å². The Morgan fingerprint density at radius 3 is 2.29 bits per heavy atom. The van der Waals surface area contributed by atoms with E-state index in [0.717, 1.165) is 12.8 Å². The zero-order valence-electron chi connectivity index (χ0n) is 10.6. The molecule has 0 rings (SSSR count). The Hall–Kier alpha value is -0.420. The summed E-state index contributed by atoms with van der Waals surface area (Å²) in [4.78, 5) is 11.3. The van der Waals surface area contributed by atoms with E-state index in [0.29, 0.717) is 13.2 Å². The molecule has 0 saturated heterocycles. The van der Waals surface area contributed by atoms with Crippen molar-refractivity contribution < 1.29 is 27.9 Å². The summed E-state index contributed by atoms with van der Waals surface area (Å²) >= 11 is 0. The van der Waals surface area contributed by atoms with E-state index in [-0.39, 0.29) is 12.8 Å². The van der Waals surface area contributed by atoms with Crippen LogP contribution in [-0.4, -0.2) is 46.2 Å². The number of esters is 1. The molecule has 0 N–H and O–H groups in total. The summed E-state index contributed by atoms with van der Waals surface area (Å²) < 4.78 is 30.8. The largest absolute Gasteiger partial charge is 0.463 e. The predicted molar refractivity (Wildman–Crippen MR) is 63.2 cm³/mol. The van der Waals surface area contributed by atoms with Crippen molar-refractivity contribution >= 4 is 13.6 Å². The molecule has 0 saturated carbocycles. The van der Waals surface area contributed by atoms with E-state index in [1.165, 1.54) is 14.2 Å². The van der Waals surface area contributed by atoms with Gasteiger partial charge in [-0.25, -0.2) is 0 Å². The Balaban J connectivity index is 3.63. The topological polar surface area (TPSA) is 71.1 Å². The van der Waals surface area contributed by atoms with Crippen molar-refractivity contribution in [1.82, 2.24) is 0 Å². The van der Waals surface area contributed by atoms with Gasteiger partial charge in [0.2, 0.25) is 0 Å². The monoisotopic (exact) mass is 268 g/mol. The van der Waals surface area contributed by atoms with Gasteiger partial charge in [-0.1, -0.05) is 13.3 Å². The molecule has 0 unspecified atom stereocenters. The molecule has 0 bridgehead atoms. The molecular weight excluding hydrogens is 247 g/mol. The Morgan fingerprint density at radius 2 is 1.76 bits per heavy atom. The minimum atomic E-state index is -3.32. The Bertz CT molecular complexity index is 247. The highest BCUT2D eigenvalue weighted by Gasteiger charge is 2.26. The third kappa shape index (κ3) is 8.32. The van der Waals surface area contributed by atoms with E-state index in [9.17, 15) is 9.36 Å². The van der Waals surface area contributed by atoms with E-state index in [4.69, 9.17) is 9.47 Å². The van der Waals surface area contributed by atoms with E-state index in [1.54, 1.807) is 0 Å². The molecule has 0 aromatic rings. The molecule has 0 fully saturated rings. The summed E-state index contributed by atoms with van der Waals surface area (Å²) in [6.07, 6.45) is 1.66. The quantitative estimate of drug-likeness (QED) is 0.342. The molecule has 7 heteroatoms. The predicted octanol–water partition coefficient (Wildman–Crippen LogP) is 1.83.